The molecule has 2 aromatic heterocycles. The maximum absolute atomic E-state index is 12.8. The van der Waals surface area contributed by atoms with Gasteiger partial charge in [0.2, 0.25) is 5.43 Å². The third-order valence-corrected chi connectivity index (χ3v) is 4.31. The van der Waals surface area contributed by atoms with Crippen molar-refractivity contribution in [3.63, 3.8) is 0 Å². The first-order valence-electron chi connectivity index (χ1n) is 6.40. The van der Waals surface area contributed by atoms with E-state index in [1.165, 1.54) is 17.6 Å². The molecule has 0 radical (unpaired) electrons. The van der Waals surface area contributed by atoms with E-state index in [1.807, 2.05) is 36.4 Å². The molecule has 0 saturated carbocycles. The summed E-state index contributed by atoms with van der Waals surface area (Å²) >= 11 is 1.31. The van der Waals surface area contributed by atoms with Gasteiger partial charge in [-0.25, -0.2) is 4.98 Å². The number of benzene rings is 2. The molecule has 4 nitrogen and oxygen atoms in total. The second-order valence-electron chi connectivity index (χ2n) is 4.68. The minimum Gasteiger partial charge on any atom is -0.463 e. The molecule has 0 saturated heterocycles. The fraction of sp³-hybridized carbons (Fsp3) is 0. The lowest BCUT2D eigenvalue weighted by atomic mass is 10.1. The Kier molecular flexibility index (Phi) is 2.55. The lowest BCUT2D eigenvalue weighted by molar-refractivity contribution is 0.605. The quantitative estimate of drug-likeness (QED) is 0.581. The number of thiazole rings is 1. The van der Waals surface area contributed by atoms with Crippen LogP contribution < -0.4 is 11.2 Å². The lowest BCUT2D eigenvalue weighted by Crippen LogP contribution is -2.04. The van der Waals surface area contributed by atoms with Crippen LogP contribution in [0.15, 0.2) is 57.9 Å². The standard InChI is InChI=1S/C16H10N2O2S/c17-16-18-11-6-7-12-13(15(11)21-16)14(19)10(8-20-12)9-4-2-1-3-5-9/h1-8H,(H2,17,18). The normalized spacial score (nSPS) is 11.2. The fourth-order valence-electron chi connectivity index (χ4n) is 2.43. The van der Waals surface area contributed by atoms with Crippen molar-refractivity contribution in [3.8, 4) is 11.1 Å². The summed E-state index contributed by atoms with van der Waals surface area (Å²) in [6.07, 6.45) is 1.51. The molecular weight excluding hydrogens is 284 g/mol. The molecule has 21 heavy (non-hydrogen) atoms. The molecule has 0 bridgehead atoms. The van der Waals surface area contributed by atoms with E-state index < -0.39 is 0 Å². The molecule has 0 aliphatic heterocycles. The molecule has 4 aromatic rings. The zero-order valence-electron chi connectivity index (χ0n) is 10.9. The number of hydrogen-bond donors (Lipinski definition) is 1. The Hall–Kier alpha value is -2.66. The Morgan fingerprint density at radius 2 is 1.90 bits per heavy atom. The number of nitrogens with two attached hydrogens (primary N) is 1. The summed E-state index contributed by atoms with van der Waals surface area (Å²) in [6, 6.07) is 13.0. The van der Waals surface area contributed by atoms with Crippen LogP contribution >= 0.6 is 11.3 Å². The van der Waals surface area contributed by atoms with Gasteiger partial charge in [0.15, 0.2) is 5.13 Å². The van der Waals surface area contributed by atoms with E-state index in [-0.39, 0.29) is 5.43 Å². The van der Waals surface area contributed by atoms with E-state index in [2.05, 4.69) is 4.98 Å². The monoisotopic (exact) mass is 294 g/mol. The van der Waals surface area contributed by atoms with Gasteiger partial charge in [-0.1, -0.05) is 41.7 Å². The molecule has 4 rings (SSSR count). The van der Waals surface area contributed by atoms with Gasteiger partial charge in [0.25, 0.3) is 0 Å². The van der Waals surface area contributed by atoms with Crippen LogP contribution in [-0.4, -0.2) is 4.98 Å². The molecule has 102 valence electrons. The predicted molar refractivity (Wildman–Crippen MR) is 85.5 cm³/mol. The third-order valence-electron chi connectivity index (χ3n) is 3.40. The summed E-state index contributed by atoms with van der Waals surface area (Å²) in [7, 11) is 0. The van der Waals surface area contributed by atoms with Gasteiger partial charge in [0.1, 0.15) is 11.8 Å². The smallest absolute Gasteiger partial charge is 0.202 e. The fourth-order valence-corrected chi connectivity index (χ4v) is 3.30. The van der Waals surface area contributed by atoms with Crippen molar-refractivity contribution >= 4 is 37.7 Å². The number of nitrogen functional groups attached to an aromatic ring is 1. The molecular formula is C16H10N2O2S. The topological polar surface area (TPSA) is 69.1 Å². The van der Waals surface area contributed by atoms with Crippen LogP contribution in [-0.2, 0) is 0 Å². The number of hydrogen-bond acceptors (Lipinski definition) is 5. The van der Waals surface area contributed by atoms with Crippen LogP contribution in [0.2, 0.25) is 0 Å². The van der Waals surface area contributed by atoms with E-state index >= 15 is 0 Å². The Labute approximate surface area is 123 Å². The Morgan fingerprint density at radius 3 is 2.71 bits per heavy atom. The minimum absolute atomic E-state index is 0.0586. The van der Waals surface area contributed by atoms with Crippen molar-refractivity contribution in [3.05, 3.63) is 59.0 Å². The summed E-state index contributed by atoms with van der Waals surface area (Å²) in [5.74, 6) is 0. The summed E-state index contributed by atoms with van der Waals surface area (Å²) in [4.78, 5) is 17.1. The van der Waals surface area contributed by atoms with Gasteiger partial charge in [-0.2, -0.15) is 0 Å². The van der Waals surface area contributed by atoms with Gasteiger partial charge >= 0.3 is 0 Å². The zero-order chi connectivity index (χ0) is 14.4. The van der Waals surface area contributed by atoms with Crippen LogP contribution in [0.25, 0.3) is 32.3 Å². The van der Waals surface area contributed by atoms with Crippen LogP contribution in [0.4, 0.5) is 5.13 Å². The van der Waals surface area contributed by atoms with E-state index in [1.54, 1.807) is 6.07 Å². The first-order valence-corrected chi connectivity index (χ1v) is 7.21. The molecule has 5 heteroatoms. The van der Waals surface area contributed by atoms with Crippen LogP contribution in [0.5, 0.6) is 0 Å². The first-order chi connectivity index (χ1) is 10.2. The number of aromatic nitrogens is 1. The van der Waals surface area contributed by atoms with Gasteiger partial charge in [-0.05, 0) is 17.7 Å². The number of fused-ring (bicyclic) bond motifs is 3. The number of anilines is 1. The molecule has 0 spiro atoms. The van der Waals surface area contributed by atoms with E-state index in [9.17, 15) is 4.79 Å². The Balaban J connectivity index is 2.15. The van der Waals surface area contributed by atoms with Gasteiger partial charge < -0.3 is 10.2 Å². The van der Waals surface area contributed by atoms with Crippen molar-refractivity contribution in [2.45, 2.75) is 0 Å². The summed E-state index contributed by atoms with van der Waals surface area (Å²) < 4.78 is 6.41. The van der Waals surface area contributed by atoms with Crippen LogP contribution in [0, 0.1) is 0 Å². The highest BCUT2D eigenvalue weighted by Crippen LogP contribution is 2.31. The van der Waals surface area contributed by atoms with Crippen molar-refractivity contribution in [2.24, 2.45) is 0 Å². The predicted octanol–water partition coefficient (Wildman–Crippen LogP) is 3.65. The molecule has 2 aromatic carbocycles. The van der Waals surface area contributed by atoms with Crippen LogP contribution in [0.3, 0.4) is 0 Å². The summed E-state index contributed by atoms with van der Waals surface area (Å²) in [5.41, 5.74) is 8.35. The lowest BCUT2D eigenvalue weighted by Gasteiger charge is -2.03. The molecule has 0 aliphatic rings. The van der Waals surface area contributed by atoms with E-state index in [4.69, 9.17) is 10.2 Å². The molecule has 2 N–H and O–H groups in total. The summed E-state index contributed by atoms with van der Waals surface area (Å²) in [6.45, 7) is 0. The van der Waals surface area contributed by atoms with E-state index in [0.717, 1.165) is 15.8 Å². The van der Waals surface area contributed by atoms with Gasteiger partial charge in [-0.15, -0.1) is 0 Å². The number of nitrogens with zero attached hydrogens (tertiary/aromatic N) is 1. The highest BCUT2D eigenvalue weighted by atomic mass is 32.1. The zero-order valence-corrected chi connectivity index (χ0v) is 11.7. The highest BCUT2D eigenvalue weighted by Gasteiger charge is 2.14. The minimum atomic E-state index is -0.0586. The van der Waals surface area contributed by atoms with Crippen molar-refractivity contribution in [1.29, 1.82) is 0 Å². The molecule has 2 heterocycles. The molecule has 0 unspecified atom stereocenters. The van der Waals surface area contributed by atoms with Crippen LogP contribution in [0.1, 0.15) is 0 Å². The second kappa shape index (κ2) is 4.43. The maximum atomic E-state index is 12.8. The van der Waals surface area contributed by atoms with Crippen molar-refractivity contribution in [2.75, 3.05) is 5.73 Å². The molecule has 0 amide bonds. The van der Waals surface area contributed by atoms with Gasteiger partial charge in [-0.3, -0.25) is 4.79 Å². The number of rotatable bonds is 1. The highest BCUT2D eigenvalue weighted by molar-refractivity contribution is 7.23. The molecule has 0 aliphatic carbocycles. The average Bonchev–Trinajstić information content (AvgIpc) is 2.88. The summed E-state index contributed by atoms with van der Waals surface area (Å²) in [5, 5.41) is 0.991. The van der Waals surface area contributed by atoms with Crippen molar-refractivity contribution in [1.82, 2.24) is 4.98 Å². The second-order valence-corrected chi connectivity index (χ2v) is 5.71. The Bertz CT molecular complexity index is 1020. The SMILES string of the molecule is Nc1nc2ccc3occ(-c4ccccc4)c(=O)c3c2s1. The van der Waals surface area contributed by atoms with Gasteiger partial charge in [0, 0.05) is 0 Å². The average molecular weight is 294 g/mol. The first kappa shape index (κ1) is 12.1. The maximum Gasteiger partial charge on any atom is 0.202 e. The van der Waals surface area contributed by atoms with E-state index in [0.29, 0.717) is 21.7 Å². The third kappa shape index (κ3) is 1.82. The largest absolute Gasteiger partial charge is 0.463 e. The molecule has 0 fully saturated rings. The molecule has 0 atom stereocenters. The van der Waals surface area contributed by atoms with Gasteiger partial charge in [0.05, 0.1) is 21.2 Å². The Morgan fingerprint density at radius 1 is 1.10 bits per heavy atom. The van der Waals surface area contributed by atoms with Crippen molar-refractivity contribution < 1.29 is 4.42 Å².